The molecule has 0 saturated carbocycles. The third-order valence-electron chi connectivity index (χ3n) is 3.15. The second kappa shape index (κ2) is 8.48. The summed E-state index contributed by atoms with van der Waals surface area (Å²) in [7, 11) is -1.44. The van der Waals surface area contributed by atoms with Crippen molar-refractivity contribution in [3.8, 4) is 6.07 Å². The van der Waals surface area contributed by atoms with Crippen LogP contribution in [0.3, 0.4) is 0 Å². The van der Waals surface area contributed by atoms with Crippen molar-refractivity contribution in [1.82, 2.24) is 10.6 Å². The van der Waals surface area contributed by atoms with E-state index in [1.165, 1.54) is 24.5 Å². The van der Waals surface area contributed by atoms with E-state index in [0.717, 1.165) is 0 Å². The summed E-state index contributed by atoms with van der Waals surface area (Å²) < 4.78 is 36.0. The van der Waals surface area contributed by atoms with Crippen LogP contribution in [0.1, 0.15) is 24.5 Å². The Bertz CT molecular complexity index is 711. The summed E-state index contributed by atoms with van der Waals surface area (Å²) >= 11 is 0. The lowest BCUT2D eigenvalue weighted by molar-refractivity contribution is 0.578. The number of rotatable bonds is 6. The predicted molar refractivity (Wildman–Crippen MR) is 88.2 cm³/mol. The van der Waals surface area contributed by atoms with Gasteiger partial charge in [-0.25, -0.2) is 12.8 Å². The maximum atomic E-state index is 13.7. The third-order valence-corrected chi connectivity index (χ3v) is 4.13. The van der Waals surface area contributed by atoms with E-state index in [1.807, 2.05) is 13.0 Å². The molecular weight excluding hydrogens is 319 g/mol. The quantitative estimate of drug-likeness (QED) is 0.599. The molecule has 0 saturated heterocycles. The van der Waals surface area contributed by atoms with Gasteiger partial charge in [0.1, 0.15) is 15.7 Å². The summed E-state index contributed by atoms with van der Waals surface area (Å²) in [6.07, 6.45) is 1.63. The number of nitrogens with zero attached hydrogens (tertiary/aromatic N) is 2. The highest BCUT2D eigenvalue weighted by Gasteiger charge is 2.10. The molecule has 1 atom stereocenters. The van der Waals surface area contributed by atoms with Crippen molar-refractivity contribution < 1.29 is 12.8 Å². The van der Waals surface area contributed by atoms with Gasteiger partial charge in [-0.1, -0.05) is 0 Å². The van der Waals surface area contributed by atoms with E-state index in [-0.39, 0.29) is 18.3 Å². The van der Waals surface area contributed by atoms with Gasteiger partial charge in [0.05, 0.1) is 17.4 Å². The molecular formula is C15H21FN4O2S. The first kappa shape index (κ1) is 18.9. The maximum Gasteiger partial charge on any atom is 0.191 e. The van der Waals surface area contributed by atoms with Crippen LogP contribution in [0.25, 0.3) is 0 Å². The molecule has 0 amide bonds. The van der Waals surface area contributed by atoms with Crippen LogP contribution in [0, 0.1) is 17.1 Å². The predicted octanol–water partition coefficient (Wildman–Crippen LogP) is 1.19. The standard InChI is InChI=1S/C15H21FN4O2S/c1-11(6-7-23(3,21)22)20-15(18-2)19-10-13-8-12(9-17)4-5-14(13)16/h4-5,8,11H,6-7,10H2,1-3H3,(H2,18,19,20). The van der Waals surface area contributed by atoms with Crippen LogP contribution in [0.4, 0.5) is 4.39 Å². The number of halogens is 1. The molecule has 2 N–H and O–H groups in total. The van der Waals surface area contributed by atoms with Gasteiger partial charge in [0.2, 0.25) is 0 Å². The second-order valence-corrected chi connectivity index (χ2v) is 7.57. The number of hydrogen-bond acceptors (Lipinski definition) is 4. The van der Waals surface area contributed by atoms with Gasteiger partial charge in [0, 0.05) is 31.5 Å². The molecule has 8 heteroatoms. The number of sulfone groups is 1. The summed E-state index contributed by atoms with van der Waals surface area (Å²) in [6, 6.07) is 6.00. The van der Waals surface area contributed by atoms with Gasteiger partial charge in [-0.15, -0.1) is 0 Å². The molecule has 0 bridgehead atoms. The summed E-state index contributed by atoms with van der Waals surface area (Å²) in [5.74, 6) is 0.113. The number of nitrogens with one attached hydrogen (secondary N) is 2. The smallest absolute Gasteiger partial charge is 0.191 e. The van der Waals surface area contributed by atoms with E-state index < -0.39 is 15.7 Å². The first-order valence-electron chi connectivity index (χ1n) is 7.08. The Morgan fingerprint density at radius 2 is 2.17 bits per heavy atom. The first-order chi connectivity index (χ1) is 10.7. The van der Waals surface area contributed by atoms with Gasteiger partial charge in [0.15, 0.2) is 5.96 Å². The first-order valence-corrected chi connectivity index (χ1v) is 9.14. The van der Waals surface area contributed by atoms with Crippen molar-refractivity contribution in [1.29, 1.82) is 5.26 Å². The van der Waals surface area contributed by atoms with E-state index in [4.69, 9.17) is 5.26 Å². The van der Waals surface area contributed by atoms with Gasteiger partial charge < -0.3 is 10.6 Å². The molecule has 0 spiro atoms. The minimum atomic E-state index is -3.01. The average molecular weight is 340 g/mol. The molecule has 0 fully saturated rings. The molecule has 0 aliphatic heterocycles. The Kier molecular flexibility index (Phi) is 6.97. The molecule has 0 aliphatic rings. The van der Waals surface area contributed by atoms with Gasteiger partial charge in [-0.2, -0.15) is 5.26 Å². The van der Waals surface area contributed by atoms with Crippen molar-refractivity contribution in [3.05, 3.63) is 35.1 Å². The summed E-state index contributed by atoms with van der Waals surface area (Å²) in [5.41, 5.74) is 0.739. The van der Waals surface area contributed by atoms with E-state index in [0.29, 0.717) is 23.5 Å². The van der Waals surface area contributed by atoms with E-state index in [1.54, 1.807) is 7.05 Å². The zero-order chi connectivity index (χ0) is 17.5. The summed E-state index contributed by atoms with van der Waals surface area (Å²) in [5, 5.41) is 14.8. The molecule has 0 aliphatic carbocycles. The molecule has 0 radical (unpaired) electrons. The summed E-state index contributed by atoms with van der Waals surface area (Å²) in [6.45, 7) is 2.01. The van der Waals surface area contributed by atoms with Crippen molar-refractivity contribution in [2.75, 3.05) is 19.1 Å². The number of hydrogen-bond donors (Lipinski definition) is 2. The molecule has 0 aromatic heterocycles. The van der Waals surface area contributed by atoms with Gasteiger partial charge in [-0.3, -0.25) is 4.99 Å². The molecule has 1 aromatic rings. The molecule has 126 valence electrons. The minimum absolute atomic E-state index is 0.0804. The molecule has 6 nitrogen and oxygen atoms in total. The number of aliphatic imine (C=N–C) groups is 1. The van der Waals surface area contributed by atoms with E-state index >= 15 is 0 Å². The number of nitriles is 1. The van der Waals surface area contributed by atoms with Crippen LogP contribution >= 0.6 is 0 Å². The third kappa shape index (κ3) is 7.10. The molecule has 0 heterocycles. The van der Waals surface area contributed by atoms with Gasteiger partial charge in [-0.05, 0) is 31.5 Å². The van der Waals surface area contributed by atoms with Gasteiger partial charge >= 0.3 is 0 Å². The number of guanidine groups is 1. The van der Waals surface area contributed by atoms with Crippen molar-refractivity contribution in [2.45, 2.75) is 25.9 Å². The average Bonchev–Trinajstić information content (AvgIpc) is 2.50. The van der Waals surface area contributed by atoms with Crippen LogP contribution in [0.5, 0.6) is 0 Å². The Labute approximate surface area is 136 Å². The molecule has 1 aromatic carbocycles. The topological polar surface area (TPSA) is 94.3 Å². The Morgan fingerprint density at radius 1 is 1.48 bits per heavy atom. The second-order valence-electron chi connectivity index (χ2n) is 5.31. The van der Waals surface area contributed by atoms with E-state index in [9.17, 15) is 12.8 Å². The lowest BCUT2D eigenvalue weighted by Gasteiger charge is -2.17. The SMILES string of the molecule is CN=C(NCc1cc(C#N)ccc1F)NC(C)CCS(C)(=O)=O. The lowest BCUT2D eigenvalue weighted by Crippen LogP contribution is -2.42. The van der Waals surface area contributed by atoms with Crippen LogP contribution < -0.4 is 10.6 Å². The van der Waals surface area contributed by atoms with Crippen LogP contribution in [0.15, 0.2) is 23.2 Å². The lowest BCUT2D eigenvalue weighted by atomic mass is 10.1. The highest BCUT2D eigenvalue weighted by molar-refractivity contribution is 7.90. The maximum absolute atomic E-state index is 13.7. The molecule has 1 rings (SSSR count). The fourth-order valence-corrected chi connectivity index (χ4v) is 2.63. The van der Waals surface area contributed by atoms with Gasteiger partial charge in [0.25, 0.3) is 0 Å². The highest BCUT2D eigenvalue weighted by Crippen LogP contribution is 2.09. The molecule has 1 unspecified atom stereocenters. The Balaban J connectivity index is 2.60. The van der Waals surface area contributed by atoms with Crippen molar-refractivity contribution >= 4 is 15.8 Å². The Morgan fingerprint density at radius 3 is 2.74 bits per heavy atom. The van der Waals surface area contributed by atoms with Crippen LogP contribution in [0.2, 0.25) is 0 Å². The van der Waals surface area contributed by atoms with Crippen LogP contribution in [-0.2, 0) is 16.4 Å². The molecule has 23 heavy (non-hydrogen) atoms. The fourth-order valence-electron chi connectivity index (χ4n) is 1.85. The Hall–Kier alpha value is -2.14. The normalized spacial score (nSPS) is 13.3. The van der Waals surface area contributed by atoms with Crippen molar-refractivity contribution in [3.63, 3.8) is 0 Å². The monoisotopic (exact) mass is 340 g/mol. The minimum Gasteiger partial charge on any atom is -0.354 e. The highest BCUT2D eigenvalue weighted by atomic mass is 32.2. The van der Waals surface area contributed by atoms with E-state index in [2.05, 4.69) is 15.6 Å². The zero-order valence-corrected chi connectivity index (χ0v) is 14.2. The fraction of sp³-hybridized carbons (Fsp3) is 0.467. The van der Waals surface area contributed by atoms with Crippen LogP contribution in [-0.4, -0.2) is 39.5 Å². The summed E-state index contributed by atoms with van der Waals surface area (Å²) in [4.78, 5) is 4.02. The largest absolute Gasteiger partial charge is 0.354 e. The number of benzene rings is 1. The zero-order valence-electron chi connectivity index (χ0n) is 13.4. The van der Waals surface area contributed by atoms with Crippen molar-refractivity contribution in [2.24, 2.45) is 4.99 Å².